The van der Waals surface area contributed by atoms with E-state index in [0.717, 1.165) is 12.3 Å². The number of hydrogen-bond donors (Lipinski definition) is 1. The first-order valence-electron chi connectivity index (χ1n) is 6.87. The van der Waals surface area contributed by atoms with Gasteiger partial charge in [-0.15, -0.1) is 0 Å². The Hall–Kier alpha value is -1.06. The van der Waals surface area contributed by atoms with Crippen molar-refractivity contribution in [2.45, 2.75) is 25.3 Å². The van der Waals surface area contributed by atoms with Gasteiger partial charge in [0.25, 0.3) is 0 Å². The molecule has 1 unspecified atom stereocenters. The Morgan fingerprint density at radius 1 is 1.17 bits per heavy atom. The van der Waals surface area contributed by atoms with E-state index in [1.165, 1.54) is 37.9 Å². The molecule has 1 heterocycles. The van der Waals surface area contributed by atoms with Gasteiger partial charge in [-0.2, -0.15) is 0 Å². The normalized spacial score (nSPS) is 18.6. The summed E-state index contributed by atoms with van der Waals surface area (Å²) in [5.41, 5.74) is 1.34. The summed E-state index contributed by atoms with van der Waals surface area (Å²) in [6.45, 7) is 3.59. The Labute approximate surface area is 110 Å². The van der Waals surface area contributed by atoms with E-state index in [2.05, 4.69) is 22.3 Å². The third-order valence-corrected chi connectivity index (χ3v) is 3.76. The van der Waals surface area contributed by atoms with E-state index in [0.29, 0.717) is 6.04 Å². The predicted octanol–water partition coefficient (Wildman–Crippen LogP) is 2.44. The molecule has 0 bridgehead atoms. The fraction of sp³-hybridized carbons (Fsp3) is 0.600. The molecule has 0 aromatic heterocycles. The Morgan fingerprint density at radius 2 is 1.83 bits per heavy atom. The number of likely N-dealkylation sites (N-methyl/N-ethyl adjacent to an activating group) is 1. The monoisotopic (exact) mass is 248 g/mol. The molecule has 3 heteroatoms. The molecule has 18 heavy (non-hydrogen) atoms. The molecule has 0 aliphatic carbocycles. The molecule has 1 aromatic rings. The molecule has 1 aromatic carbocycles. The quantitative estimate of drug-likeness (QED) is 0.866. The van der Waals surface area contributed by atoms with Crippen molar-refractivity contribution in [2.75, 3.05) is 33.8 Å². The second kappa shape index (κ2) is 6.76. The molecule has 1 atom stereocenters. The SMILES string of the molecule is CNC(CN1CCCCC1)c1ccc(OC)cc1. The molecule has 1 fully saturated rings. The number of rotatable bonds is 5. The van der Waals surface area contributed by atoms with Crippen molar-refractivity contribution in [2.24, 2.45) is 0 Å². The molecule has 1 saturated heterocycles. The summed E-state index contributed by atoms with van der Waals surface area (Å²) in [6.07, 6.45) is 4.08. The van der Waals surface area contributed by atoms with Crippen LogP contribution in [0.3, 0.4) is 0 Å². The van der Waals surface area contributed by atoms with Crippen LogP contribution in [0.5, 0.6) is 5.75 Å². The summed E-state index contributed by atoms with van der Waals surface area (Å²) in [5, 5.41) is 3.42. The first-order chi connectivity index (χ1) is 8.83. The summed E-state index contributed by atoms with van der Waals surface area (Å²) >= 11 is 0. The Bertz CT molecular complexity index is 344. The summed E-state index contributed by atoms with van der Waals surface area (Å²) in [7, 11) is 3.75. The van der Waals surface area contributed by atoms with Gasteiger partial charge >= 0.3 is 0 Å². The van der Waals surface area contributed by atoms with Crippen LogP contribution in [-0.2, 0) is 0 Å². The molecule has 1 aliphatic rings. The van der Waals surface area contributed by atoms with E-state index < -0.39 is 0 Å². The number of nitrogens with zero attached hydrogens (tertiary/aromatic N) is 1. The van der Waals surface area contributed by atoms with Crippen LogP contribution in [0.4, 0.5) is 0 Å². The van der Waals surface area contributed by atoms with Crippen molar-refractivity contribution < 1.29 is 4.74 Å². The number of piperidine rings is 1. The van der Waals surface area contributed by atoms with Gasteiger partial charge < -0.3 is 15.0 Å². The molecule has 3 nitrogen and oxygen atoms in total. The van der Waals surface area contributed by atoms with Gasteiger partial charge in [-0.3, -0.25) is 0 Å². The van der Waals surface area contributed by atoms with Gasteiger partial charge in [0, 0.05) is 12.6 Å². The van der Waals surface area contributed by atoms with E-state index in [4.69, 9.17) is 4.74 Å². The van der Waals surface area contributed by atoms with E-state index in [1.54, 1.807) is 7.11 Å². The zero-order valence-corrected chi connectivity index (χ0v) is 11.5. The predicted molar refractivity (Wildman–Crippen MR) is 75.1 cm³/mol. The Kier molecular flexibility index (Phi) is 5.02. The fourth-order valence-electron chi connectivity index (χ4n) is 2.60. The van der Waals surface area contributed by atoms with Crippen molar-refractivity contribution >= 4 is 0 Å². The summed E-state index contributed by atoms with van der Waals surface area (Å²) in [6, 6.07) is 8.80. The molecule has 1 N–H and O–H groups in total. The maximum Gasteiger partial charge on any atom is 0.118 e. The third-order valence-electron chi connectivity index (χ3n) is 3.76. The minimum absolute atomic E-state index is 0.411. The van der Waals surface area contributed by atoms with Crippen LogP contribution in [-0.4, -0.2) is 38.7 Å². The van der Waals surface area contributed by atoms with Crippen molar-refractivity contribution in [3.8, 4) is 5.75 Å². The third kappa shape index (κ3) is 3.47. The lowest BCUT2D eigenvalue weighted by molar-refractivity contribution is 0.208. The van der Waals surface area contributed by atoms with Crippen LogP contribution in [0.25, 0.3) is 0 Å². The average Bonchev–Trinajstić information content (AvgIpc) is 2.46. The molecular formula is C15H24N2O. The maximum atomic E-state index is 5.20. The number of methoxy groups -OCH3 is 1. The van der Waals surface area contributed by atoms with Crippen LogP contribution < -0.4 is 10.1 Å². The number of nitrogens with one attached hydrogen (secondary N) is 1. The van der Waals surface area contributed by atoms with Gasteiger partial charge in [-0.25, -0.2) is 0 Å². The largest absolute Gasteiger partial charge is 0.497 e. The lowest BCUT2D eigenvalue weighted by Gasteiger charge is -2.30. The highest BCUT2D eigenvalue weighted by molar-refractivity contribution is 5.29. The Morgan fingerprint density at radius 3 is 2.39 bits per heavy atom. The van der Waals surface area contributed by atoms with Crippen molar-refractivity contribution in [1.82, 2.24) is 10.2 Å². The van der Waals surface area contributed by atoms with Crippen LogP contribution >= 0.6 is 0 Å². The summed E-state index contributed by atoms with van der Waals surface area (Å²) in [5.74, 6) is 0.923. The molecule has 0 radical (unpaired) electrons. The summed E-state index contributed by atoms with van der Waals surface area (Å²) < 4.78 is 5.20. The van der Waals surface area contributed by atoms with Crippen molar-refractivity contribution in [3.63, 3.8) is 0 Å². The average molecular weight is 248 g/mol. The first-order valence-corrected chi connectivity index (χ1v) is 6.87. The molecule has 0 spiro atoms. The van der Waals surface area contributed by atoms with Crippen LogP contribution in [0.2, 0.25) is 0 Å². The summed E-state index contributed by atoms with van der Waals surface area (Å²) in [4.78, 5) is 2.56. The fourth-order valence-corrected chi connectivity index (χ4v) is 2.60. The van der Waals surface area contributed by atoms with E-state index in [9.17, 15) is 0 Å². The number of ether oxygens (including phenoxy) is 1. The zero-order valence-electron chi connectivity index (χ0n) is 11.5. The second-order valence-electron chi connectivity index (χ2n) is 4.98. The van der Waals surface area contributed by atoms with E-state index in [1.807, 2.05) is 19.2 Å². The Balaban J connectivity index is 1.97. The van der Waals surface area contributed by atoms with Gasteiger partial charge in [0.1, 0.15) is 5.75 Å². The smallest absolute Gasteiger partial charge is 0.118 e. The second-order valence-corrected chi connectivity index (χ2v) is 4.98. The molecule has 0 saturated carbocycles. The molecule has 0 amide bonds. The van der Waals surface area contributed by atoms with E-state index in [-0.39, 0.29) is 0 Å². The highest BCUT2D eigenvalue weighted by Crippen LogP contribution is 2.20. The highest BCUT2D eigenvalue weighted by atomic mass is 16.5. The van der Waals surface area contributed by atoms with Crippen molar-refractivity contribution in [3.05, 3.63) is 29.8 Å². The maximum absolute atomic E-state index is 5.20. The number of benzene rings is 1. The van der Waals surface area contributed by atoms with Gasteiger partial charge in [0.05, 0.1) is 7.11 Å². The topological polar surface area (TPSA) is 24.5 Å². The zero-order chi connectivity index (χ0) is 12.8. The minimum Gasteiger partial charge on any atom is -0.497 e. The van der Waals surface area contributed by atoms with Gasteiger partial charge in [0.2, 0.25) is 0 Å². The highest BCUT2D eigenvalue weighted by Gasteiger charge is 2.16. The molecule has 2 rings (SSSR count). The van der Waals surface area contributed by atoms with E-state index >= 15 is 0 Å². The van der Waals surface area contributed by atoms with Crippen LogP contribution in [0.15, 0.2) is 24.3 Å². The number of hydrogen-bond acceptors (Lipinski definition) is 3. The van der Waals surface area contributed by atoms with Crippen LogP contribution in [0, 0.1) is 0 Å². The standard InChI is InChI=1S/C15H24N2O/c1-16-15(12-17-10-4-3-5-11-17)13-6-8-14(18-2)9-7-13/h6-9,15-16H,3-5,10-12H2,1-2H3. The van der Waals surface area contributed by atoms with Crippen molar-refractivity contribution in [1.29, 1.82) is 0 Å². The van der Waals surface area contributed by atoms with Gasteiger partial charge in [-0.05, 0) is 50.7 Å². The van der Waals surface area contributed by atoms with Gasteiger partial charge in [-0.1, -0.05) is 18.6 Å². The minimum atomic E-state index is 0.411. The van der Waals surface area contributed by atoms with Crippen LogP contribution in [0.1, 0.15) is 30.9 Å². The lowest BCUT2D eigenvalue weighted by Crippen LogP contribution is -2.37. The lowest BCUT2D eigenvalue weighted by atomic mass is 10.0. The molecular weight excluding hydrogens is 224 g/mol. The number of likely N-dealkylation sites (tertiary alicyclic amines) is 1. The first kappa shape index (κ1) is 13.4. The van der Waals surface area contributed by atoms with Gasteiger partial charge in [0.15, 0.2) is 0 Å². The molecule has 1 aliphatic heterocycles. The molecule has 100 valence electrons.